The van der Waals surface area contributed by atoms with Crippen LogP contribution < -0.4 is 5.32 Å². The highest BCUT2D eigenvalue weighted by atomic mass is 16.1. The van der Waals surface area contributed by atoms with Crippen molar-refractivity contribution in [2.45, 2.75) is 13.3 Å². The number of benzene rings is 2. The number of nitrogens with zero attached hydrogens (tertiary/aromatic N) is 3. The van der Waals surface area contributed by atoms with Gasteiger partial charge in [-0.2, -0.15) is 5.10 Å². The summed E-state index contributed by atoms with van der Waals surface area (Å²) >= 11 is 0. The number of nitrogens with one attached hydrogen (secondary N) is 1. The molecule has 0 atom stereocenters. The van der Waals surface area contributed by atoms with Gasteiger partial charge in [0.2, 0.25) is 0 Å². The topological polar surface area (TPSA) is 59.3 Å². The van der Waals surface area contributed by atoms with Crippen molar-refractivity contribution in [3.63, 3.8) is 0 Å². The Balaban J connectivity index is 1.53. The summed E-state index contributed by atoms with van der Waals surface area (Å²) in [7, 11) is 0. The Morgan fingerprint density at radius 1 is 1.04 bits per heavy atom. The molecule has 0 aliphatic heterocycles. The highest BCUT2D eigenvalue weighted by Crippen LogP contribution is 2.20. The summed E-state index contributed by atoms with van der Waals surface area (Å²) in [6.07, 6.45) is 2.42. The van der Waals surface area contributed by atoms with Gasteiger partial charge in [-0.15, -0.1) is 0 Å². The zero-order chi connectivity index (χ0) is 18.6. The molecule has 27 heavy (non-hydrogen) atoms. The summed E-state index contributed by atoms with van der Waals surface area (Å²) in [6, 6.07) is 22.0. The minimum absolute atomic E-state index is 0.130. The van der Waals surface area contributed by atoms with Crippen molar-refractivity contribution in [2.75, 3.05) is 6.54 Å². The summed E-state index contributed by atoms with van der Waals surface area (Å²) in [6.45, 7) is 2.47. The lowest BCUT2D eigenvalue weighted by Crippen LogP contribution is -2.27. The van der Waals surface area contributed by atoms with E-state index < -0.39 is 0 Å². The number of hydrogen-bond donors (Lipinski definition) is 1. The summed E-state index contributed by atoms with van der Waals surface area (Å²) in [5.74, 6) is -0.130. The van der Waals surface area contributed by atoms with E-state index in [0.717, 1.165) is 29.0 Å². The van der Waals surface area contributed by atoms with Gasteiger partial charge in [-0.3, -0.25) is 4.79 Å². The van der Waals surface area contributed by atoms with E-state index in [-0.39, 0.29) is 5.91 Å². The van der Waals surface area contributed by atoms with Crippen LogP contribution in [0.15, 0.2) is 72.9 Å². The molecule has 0 aliphatic carbocycles. The third-order valence-electron chi connectivity index (χ3n) is 4.58. The van der Waals surface area contributed by atoms with Crippen molar-refractivity contribution in [2.24, 2.45) is 0 Å². The van der Waals surface area contributed by atoms with Gasteiger partial charge in [-0.1, -0.05) is 60.7 Å². The molecule has 0 fully saturated rings. The van der Waals surface area contributed by atoms with Gasteiger partial charge < -0.3 is 5.32 Å². The normalized spacial score (nSPS) is 10.9. The number of aryl methyl sites for hydroxylation is 1. The molecule has 4 aromatic rings. The second-order valence-electron chi connectivity index (χ2n) is 6.41. The van der Waals surface area contributed by atoms with Crippen molar-refractivity contribution >= 4 is 11.6 Å². The van der Waals surface area contributed by atoms with E-state index >= 15 is 0 Å². The predicted octanol–water partition coefficient (Wildman–Crippen LogP) is 3.68. The molecule has 0 radical (unpaired) electrons. The van der Waals surface area contributed by atoms with Crippen LogP contribution in [0.3, 0.4) is 0 Å². The maximum atomic E-state index is 12.6. The number of amides is 1. The highest BCUT2D eigenvalue weighted by molar-refractivity contribution is 5.95. The maximum absolute atomic E-state index is 12.6. The molecule has 2 heterocycles. The molecule has 0 aliphatic rings. The third-order valence-corrected chi connectivity index (χ3v) is 4.58. The number of hydrogen-bond acceptors (Lipinski definition) is 3. The Morgan fingerprint density at radius 3 is 2.48 bits per heavy atom. The second-order valence-corrected chi connectivity index (χ2v) is 6.41. The number of carbonyl (C=O) groups excluding carboxylic acids is 1. The molecule has 4 rings (SSSR count). The lowest BCUT2D eigenvalue weighted by Gasteiger charge is -2.08. The molecule has 0 bridgehead atoms. The number of rotatable bonds is 5. The van der Waals surface area contributed by atoms with Crippen LogP contribution in [0.2, 0.25) is 0 Å². The quantitative estimate of drug-likeness (QED) is 0.593. The summed E-state index contributed by atoms with van der Waals surface area (Å²) in [5, 5.41) is 7.60. The van der Waals surface area contributed by atoms with Gasteiger partial charge >= 0.3 is 0 Å². The second kappa shape index (κ2) is 7.41. The lowest BCUT2D eigenvalue weighted by atomic mass is 10.1. The molecule has 5 heteroatoms. The van der Waals surface area contributed by atoms with Gasteiger partial charge in [0.15, 0.2) is 5.65 Å². The van der Waals surface area contributed by atoms with Crippen LogP contribution in [0.5, 0.6) is 0 Å². The van der Waals surface area contributed by atoms with Crippen LogP contribution in [-0.4, -0.2) is 27.0 Å². The first-order chi connectivity index (χ1) is 13.2. The molecule has 0 saturated carbocycles. The van der Waals surface area contributed by atoms with Gasteiger partial charge in [-0.05, 0) is 18.9 Å². The van der Waals surface area contributed by atoms with E-state index in [9.17, 15) is 4.79 Å². The molecule has 1 N–H and O–H groups in total. The fraction of sp³-hybridized carbons (Fsp3) is 0.136. The Kier molecular flexibility index (Phi) is 4.66. The van der Waals surface area contributed by atoms with Gasteiger partial charge in [0.1, 0.15) is 0 Å². The van der Waals surface area contributed by atoms with Gasteiger partial charge in [0, 0.05) is 24.4 Å². The minimum Gasteiger partial charge on any atom is -0.352 e. The van der Waals surface area contributed by atoms with Crippen LogP contribution in [0.25, 0.3) is 16.9 Å². The van der Waals surface area contributed by atoms with Crippen LogP contribution in [-0.2, 0) is 6.42 Å². The summed E-state index contributed by atoms with van der Waals surface area (Å²) in [5.41, 5.74) is 5.11. The highest BCUT2D eigenvalue weighted by Gasteiger charge is 2.14. The molecular formula is C22H20N4O. The SMILES string of the molecule is Cc1c(C(=O)NCCc2ccccc2)cnc2cc(-c3ccccc3)nn12. The monoisotopic (exact) mass is 356 g/mol. The van der Waals surface area contributed by atoms with Crippen LogP contribution in [0, 0.1) is 6.92 Å². The fourth-order valence-electron chi connectivity index (χ4n) is 3.08. The largest absolute Gasteiger partial charge is 0.352 e. The molecule has 5 nitrogen and oxygen atoms in total. The van der Waals surface area contributed by atoms with Gasteiger partial charge in [-0.25, -0.2) is 9.50 Å². The number of fused-ring (bicyclic) bond motifs is 1. The van der Waals surface area contributed by atoms with Gasteiger partial charge in [0.25, 0.3) is 5.91 Å². The molecule has 1 amide bonds. The summed E-state index contributed by atoms with van der Waals surface area (Å²) in [4.78, 5) is 17.0. The van der Waals surface area contributed by atoms with Crippen LogP contribution >= 0.6 is 0 Å². The maximum Gasteiger partial charge on any atom is 0.254 e. The standard InChI is InChI=1S/C22H20N4O/c1-16-19(22(27)23-13-12-17-8-4-2-5-9-17)15-24-21-14-20(25-26(16)21)18-10-6-3-7-11-18/h2-11,14-15H,12-13H2,1H3,(H,23,27). The lowest BCUT2D eigenvalue weighted by molar-refractivity contribution is 0.0952. The van der Waals surface area contributed by atoms with Gasteiger partial charge in [0.05, 0.1) is 17.0 Å². The van der Waals surface area contributed by atoms with E-state index in [1.54, 1.807) is 10.7 Å². The Bertz CT molecular complexity index is 1070. The van der Waals surface area contributed by atoms with Crippen LogP contribution in [0.4, 0.5) is 0 Å². The first kappa shape index (κ1) is 17.0. The molecule has 2 aromatic heterocycles. The molecule has 2 aromatic carbocycles. The van der Waals surface area contributed by atoms with Crippen LogP contribution in [0.1, 0.15) is 21.6 Å². The average molecular weight is 356 g/mol. The fourth-order valence-corrected chi connectivity index (χ4v) is 3.08. The molecule has 0 spiro atoms. The molecule has 0 saturated heterocycles. The zero-order valence-corrected chi connectivity index (χ0v) is 15.1. The number of aromatic nitrogens is 3. The molecular weight excluding hydrogens is 336 g/mol. The van der Waals surface area contributed by atoms with Crippen molar-refractivity contribution in [1.29, 1.82) is 0 Å². The Labute approximate surface area is 157 Å². The van der Waals surface area contributed by atoms with E-state index in [0.29, 0.717) is 12.1 Å². The smallest absolute Gasteiger partial charge is 0.254 e. The molecule has 134 valence electrons. The van der Waals surface area contributed by atoms with E-state index in [2.05, 4.69) is 27.5 Å². The van der Waals surface area contributed by atoms with E-state index in [1.807, 2.05) is 61.5 Å². The van der Waals surface area contributed by atoms with Crippen molar-refractivity contribution in [1.82, 2.24) is 19.9 Å². The first-order valence-electron chi connectivity index (χ1n) is 8.95. The minimum atomic E-state index is -0.130. The zero-order valence-electron chi connectivity index (χ0n) is 15.1. The Morgan fingerprint density at radius 2 is 1.74 bits per heavy atom. The van der Waals surface area contributed by atoms with Crippen molar-refractivity contribution in [3.05, 3.63) is 89.7 Å². The molecule has 0 unspecified atom stereocenters. The third kappa shape index (κ3) is 3.58. The summed E-state index contributed by atoms with van der Waals surface area (Å²) < 4.78 is 1.73. The Hall–Kier alpha value is -3.47. The predicted molar refractivity (Wildman–Crippen MR) is 106 cm³/mol. The van der Waals surface area contributed by atoms with E-state index in [4.69, 9.17) is 0 Å². The van der Waals surface area contributed by atoms with Crippen molar-refractivity contribution < 1.29 is 4.79 Å². The van der Waals surface area contributed by atoms with E-state index in [1.165, 1.54) is 5.56 Å². The number of carbonyl (C=O) groups is 1. The van der Waals surface area contributed by atoms with Crippen molar-refractivity contribution in [3.8, 4) is 11.3 Å². The first-order valence-corrected chi connectivity index (χ1v) is 8.95. The average Bonchev–Trinajstić information content (AvgIpc) is 3.15.